The van der Waals surface area contributed by atoms with Gasteiger partial charge in [0.05, 0.1) is 0 Å². The first-order valence-corrected chi connectivity index (χ1v) is 6.60. The molecule has 0 radical (unpaired) electrons. The molecule has 0 aromatic carbocycles. The van der Waals surface area contributed by atoms with Crippen LogP contribution in [0.5, 0.6) is 0 Å². The number of unbranched alkanes of at least 4 members (excludes halogenated alkanes) is 1. The summed E-state index contributed by atoms with van der Waals surface area (Å²) in [6.45, 7) is 10.1. The molecule has 0 heterocycles. The summed E-state index contributed by atoms with van der Waals surface area (Å²) in [5.74, 6) is 1.27. The van der Waals surface area contributed by atoms with E-state index in [0.717, 1.165) is 17.8 Å². The molecule has 0 spiro atoms. The maximum absolute atomic E-state index is 3.55. The molecule has 0 bridgehead atoms. The lowest BCUT2D eigenvalue weighted by molar-refractivity contribution is 0.515. The maximum atomic E-state index is 3.55. The van der Waals surface area contributed by atoms with Crippen LogP contribution in [0.2, 0.25) is 0 Å². The standard InChI is InChI=1S/C11H25NS/c1-5-7-8-11(12-6-2)9-13-10(3)4/h10-12H,5-9H2,1-4H3. The molecule has 0 rings (SSSR count). The van der Waals surface area contributed by atoms with Crippen molar-refractivity contribution < 1.29 is 0 Å². The van der Waals surface area contributed by atoms with E-state index in [0.29, 0.717) is 0 Å². The highest BCUT2D eigenvalue weighted by molar-refractivity contribution is 7.99. The molecule has 0 saturated heterocycles. The van der Waals surface area contributed by atoms with Crippen LogP contribution >= 0.6 is 11.8 Å². The van der Waals surface area contributed by atoms with Crippen molar-refractivity contribution in [3.05, 3.63) is 0 Å². The fourth-order valence-electron chi connectivity index (χ4n) is 1.29. The first kappa shape index (κ1) is 13.3. The van der Waals surface area contributed by atoms with Gasteiger partial charge in [0.1, 0.15) is 0 Å². The second kappa shape index (κ2) is 8.89. The van der Waals surface area contributed by atoms with E-state index in [1.54, 1.807) is 0 Å². The Morgan fingerprint density at radius 1 is 1.23 bits per heavy atom. The predicted octanol–water partition coefficient (Wildman–Crippen LogP) is 3.30. The Kier molecular flexibility index (Phi) is 9.10. The molecule has 2 heteroatoms. The van der Waals surface area contributed by atoms with Crippen LogP contribution in [-0.4, -0.2) is 23.6 Å². The average molecular weight is 203 g/mol. The molecule has 1 nitrogen and oxygen atoms in total. The molecule has 1 atom stereocenters. The van der Waals surface area contributed by atoms with E-state index in [-0.39, 0.29) is 0 Å². The maximum Gasteiger partial charge on any atom is 0.0158 e. The van der Waals surface area contributed by atoms with Crippen LogP contribution in [0.4, 0.5) is 0 Å². The lowest BCUT2D eigenvalue weighted by Gasteiger charge is -2.18. The summed E-state index contributed by atoms with van der Waals surface area (Å²) in [4.78, 5) is 0. The molecular weight excluding hydrogens is 178 g/mol. The first-order valence-electron chi connectivity index (χ1n) is 5.55. The minimum absolute atomic E-state index is 0.734. The van der Waals surface area contributed by atoms with Gasteiger partial charge < -0.3 is 5.32 Å². The Morgan fingerprint density at radius 2 is 1.92 bits per heavy atom. The normalized spacial score (nSPS) is 13.6. The lowest BCUT2D eigenvalue weighted by atomic mass is 10.1. The van der Waals surface area contributed by atoms with Gasteiger partial charge in [0.2, 0.25) is 0 Å². The third kappa shape index (κ3) is 8.63. The van der Waals surface area contributed by atoms with Crippen LogP contribution in [0.1, 0.15) is 47.0 Å². The second-order valence-corrected chi connectivity index (χ2v) is 5.39. The van der Waals surface area contributed by atoms with Crippen molar-refractivity contribution in [2.24, 2.45) is 0 Å². The molecule has 80 valence electrons. The average Bonchev–Trinajstić information content (AvgIpc) is 2.09. The van der Waals surface area contributed by atoms with Gasteiger partial charge in [-0.15, -0.1) is 0 Å². The Bertz CT molecular complexity index is 104. The van der Waals surface area contributed by atoms with E-state index < -0.39 is 0 Å². The third-order valence-corrected chi connectivity index (χ3v) is 3.29. The highest BCUT2D eigenvalue weighted by Gasteiger charge is 2.07. The first-order chi connectivity index (χ1) is 6.20. The van der Waals surface area contributed by atoms with E-state index in [1.165, 1.54) is 25.0 Å². The zero-order chi connectivity index (χ0) is 10.1. The summed E-state index contributed by atoms with van der Waals surface area (Å²) < 4.78 is 0. The minimum atomic E-state index is 0.734. The largest absolute Gasteiger partial charge is 0.313 e. The number of thioether (sulfide) groups is 1. The number of nitrogens with one attached hydrogen (secondary N) is 1. The smallest absolute Gasteiger partial charge is 0.0158 e. The molecule has 1 unspecified atom stereocenters. The molecule has 0 aliphatic carbocycles. The fraction of sp³-hybridized carbons (Fsp3) is 1.00. The fourth-order valence-corrected chi connectivity index (χ4v) is 2.19. The molecule has 0 aromatic rings. The number of hydrogen-bond acceptors (Lipinski definition) is 2. The monoisotopic (exact) mass is 203 g/mol. The summed E-state index contributed by atoms with van der Waals surface area (Å²) in [6.07, 6.45) is 4.01. The van der Waals surface area contributed by atoms with Crippen LogP contribution in [0.3, 0.4) is 0 Å². The molecule has 0 fully saturated rings. The van der Waals surface area contributed by atoms with Gasteiger partial charge in [-0.2, -0.15) is 11.8 Å². The molecule has 13 heavy (non-hydrogen) atoms. The molecule has 1 N–H and O–H groups in total. The highest BCUT2D eigenvalue weighted by atomic mass is 32.2. The SMILES string of the molecule is CCCCC(CSC(C)C)NCC. The molecule has 0 amide bonds. The van der Waals surface area contributed by atoms with Gasteiger partial charge >= 0.3 is 0 Å². The topological polar surface area (TPSA) is 12.0 Å². The van der Waals surface area contributed by atoms with Crippen molar-refractivity contribution in [3.63, 3.8) is 0 Å². The van der Waals surface area contributed by atoms with E-state index in [4.69, 9.17) is 0 Å². The zero-order valence-electron chi connectivity index (χ0n) is 9.60. The Morgan fingerprint density at radius 3 is 2.38 bits per heavy atom. The minimum Gasteiger partial charge on any atom is -0.313 e. The summed E-state index contributed by atoms with van der Waals surface area (Å²) >= 11 is 2.07. The van der Waals surface area contributed by atoms with E-state index in [2.05, 4.69) is 44.8 Å². The number of rotatable bonds is 8. The lowest BCUT2D eigenvalue weighted by Crippen LogP contribution is -2.31. The van der Waals surface area contributed by atoms with E-state index in [9.17, 15) is 0 Å². The Hall–Kier alpha value is 0.310. The van der Waals surface area contributed by atoms with Crippen molar-refractivity contribution >= 4 is 11.8 Å². The van der Waals surface area contributed by atoms with Crippen LogP contribution < -0.4 is 5.32 Å². The predicted molar refractivity (Wildman–Crippen MR) is 64.6 cm³/mol. The van der Waals surface area contributed by atoms with Crippen molar-refractivity contribution in [1.29, 1.82) is 0 Å². The van der Waals surface area contributed by atoms with Crippen LogP contribution in [0, 0.1) is 0 Å². The number of hydrogen-bond donors (Lipinski definition) is 1. The molecule has 0 saturated carbocycles. The summed E-state index contributed by atoms with van der Waals surface area (Å²) in [5.41, 5.74) is 0. The van der Waals surface area contributed by atoms with Gasteiger partial charge in [-0.1, -0.05) is 40.5 Å². The summed E-state index contributed by atoms with van der Waals surface area (Å²) in [5, 5.41) is 4.32. The Labute approximate surface area is 88.1 Å². The van der Waals surface area contributed by atoms with Crippen LogP contribution in [0.25, 0.3) is 0 Å². The molecular formula is C11H25NS. The van der Waals surface area contributed by atoms with Crippen LogP contribution in [-0.2, 0) is 0 Å². The van der Waals surface area contributed by atoms with Crippen molar-refractivity contribution in [2.75, 3.05) is 12.3 Å². The van der Waals surface area contributed by atoms with Gasteiger partial charge in [0, 0.05) is 11.8 Å². The molecule has 0 aromatic heterocycles. The summed E-state index contributed by atoms with van der Waals surface area (Å²) in [6, 6.07) is 0.734. The Balaban J connectivity index is 3.53. The summed E-state index contributed by atoms with van der Waals surface area (Å²) in [7, 11) is 0. The van der Waals surface area contributed by atoms with Gasteiger partial charge in [0.15, 0.2) is 0 Å². The third-order valence-electron chi connectivity index (χ3n) is 2.03. The second-order valence-electron chi connectivity index (χ2n) is 3.78. The van der Waals surface area contributed by atoms with E-state index >= 15 is 0 Å². The van der Waals surface area contributed by atoms with Gasteiger partial charge in [-0.25, -0.2) is 0 Å². The quantitative estimate of drug-likeness (QED) is 0.649. The van der Waals surface area contributed by atoms with Gasteiger partial charge in [-0.3, -0.25) is 0 Å². The zero-order valence-corrected chi connectivity index (χ0v) is 10.4. The van der Waals surface area contributed by atoms with Crippen molar-refractivity contribution in [1.82, 2.24) is 5.32 Å². The molecule has 0 aliphatic heterocycles. The molecule has 0 aliphatic rings. The highest BCUT2D eigenvalue weighted by Crippen LogP contribution is 2.13. The van der Waals surface area contributed by atoms with Crippen LogP contribution in [0.15, 0.2) is 0 Å². The van der Waals surface area contributed by atoms with Crippen molar-refractivity contribution in [2.45, 2.75) is 58.2 Å². The van der Waals surface area contributed by atoms with Crippen molar-refractivity contribution in [3.8, 4) is 0 Å². The van der Waals surface area contributed by atoms with E-state index in [1.807, 2.05) is 0 Å². The van der Waals surface area contributed by atoms with Gasteiger partial charge in [0.25, 0.3) is 0 Å². The van der Waals surface area contributed by atoms with Gasteiger partial charge in [-0.05, 0) is 18.2 Å².